The summed E-state index contributed by atoms with van der Waals surface area (Å²) < 4.78 is 10.8. The Morgan fingerprint density at radius 3 is 2.80 bits per heavy atom. The van der Waals surface area contributed by atoms with Gasteiger partial charge in [-0.15, -0.1) is 0 Å². The van der Waals surface area contributed by atoms with E-state index in [1.807, 2.05) is 0 Å². The van der Waals surface area contributed by atoms with Crippen LogP contribution < -0.4 is 10.9 Å². The number of hydrogen-bond acceptors (Lipinski definition) is 5. The number of aromatic nitrogens is 3. The lowest BCUT2D eigenvalue weighted by Gasteiger charge is -2.16. The average Bonchev–Trinajstić information content (AvgIpc) is 2.78. The lowest BCUT2D eigenvalue weighted by Crippen LogP contribution is -2.25. The summed E-state index contributed by atoms with van der Waals surface area (Å²) in [6, 6.07) is -0.539. The number of anilines is 1. The van der Waals surface area contributed by atoms with E-state index in [1.54, 1.807) is 0 Å². The molecular formula is C10H15N4O5P. The molecule has 2 heterocycles. The van der Waals surface area contributed by atoms with Crippen LogP contribution in [0.25, 0.3) is 11.0 Å². The monoisotopic (exact) mass is 302 g/mol. The van der Waals surface area contributed by atoms with Crippen molar-refractivity contribution in [2.45, 2.75) is 12.5 Å². The van der Waals surface area contributed by atoms with E-state index in [-0.39, 0.29) is 24.7 Å². The van der Waals surface area contributed by atoms with E-state index in [0.717, 1.165) is 0 Å². The van der Waals surface area contributed by atoms with Crippen LogP contribution in [0.3, 0.4) is 0 Å². The van der Waals surface area contributed by atoms with Crippen LogP contribution in [0.4, 0.5) is 5.69 Å². The summed E-state index contributed by atoms with van der Waals surface area (Å²) >= 11 is 0. The number of rotatable bonds is 6. The van der Waals surface area contributed by atoms with Gasteiger partial charge in [0.05, 0.1) is 24.8 Å². The quantitative estimate of drug-likeness (QED) is 0.397. The van der Waals surface area contributed by atoms with E-state index in [9.17, 15) is 14.5 Å². The number of aromatic amines is 2. The first-order valence-corrected chi connectivity index (χ1v) is 7.67. The van der Waals surface area contributed by atoms with Gasteiger partial charge in [0.2, 0.25) is 0 Å². The van der Waals surface area contributed by atoms with Gasteiger partial charge in [0.1, 0.15) is 11.0 Å². The molecule has 0 radical (unpaired) electrons. The second kappa shape index (κ2) is 5.76. The molecule has 1 atom stereocenters. The third-order valence-electron chi connectivity index (χ3n) is 2.82. The highest BCUT2D eigenvalue weighted by Gasteiger charge is 2.18. The highest BCUT2D eigenvalue weighted by Crippen LogP contribution is 2.35. The molecule has 0 bridgehead atoms. The predicted molar refractivity (Wildman–Crippen MR) is 72.7 cm³/mol. The third kappa shape index (κ3) is 3.45. The first kappa shape index (κ1) is 14.7. The van der Waals surface area contributed by atoms with Crippen LogP contribution in [0.2, 0.25) is 0 Å². The molecule has 0 spiro atoms. The molecule has 0 unspecified atom stereocenters. The second-order valence-corrected chi connectivity index (χ2v) is 6.14. The zero-order valence-electron chi connectivity index (χ0n) is 10.4. The number of H-pyrrole nitrogens is 2. The minimum atomic E-state index is -4.11. The average molecular weight is 302 g/mol. The molecule has 2 aromatic heterocycles. The van der Waals surface area contributed by atoms with E-state index >= 15 is 0 Å². The molecule has 0 aliphatic carbocycles. The Morgan fingerprint density at radius 1 is 1.40 bits per heavy atom. The van der Waals surface area contributed by atoms with Gasteiger partial charge in [-0.1, -0.05) is 0 Å². The number of aliphatic hydroxyl groups is 1. The molecule has 9 nitrogen and oxygen atoms in total. The van der Waals surface area contributed by atoms with Crippen molar-refractivity contribution in [3.63, 3.8) is 0 Å². The molecule has 0 saturated carbocycles. The molecular weight excluding hydrogens is 287 g/mol. The normalized spacial score (nSPS) is 13.6. The summed E-state index contributed by atoms with van der Waals surface area (Å²) in [5.41, 5.74) is 0.875. The van der Waals surface area contributed by atoms with Crippen LogP contribution in [-0.2, 0) is 4.57 Å². The highest BCUT2D eigenvalue weighted by molar-refractivity contribution is 7.51. The van der Waals surface area contributed by atoms with Gasteiger partial charge in [-0.2, -0.15) is 0 Å². The Kier molecular flexibility index (Phi) is 4.24. The maximum absolute atomic E-state index is 11.5. The molecule has 0 fully saturated rings. The molecule has 2 rings (SSSR count). The van der Waals surface area contributed by atoms with Crippen molar-refractivity contribution in [2.24, 2.45) is 0 Å². The van der Waals surface area contributed by atoms with E-state index in [1.165, 1.54) is 12.5 Å². The fourth-order valence-electron chi connectivity index (χ4n) is 1.81. The van der Waals surface area contributed by atoms with Gasteiger partial charge in [-0.3, -0.25) is 9.36 Å². The molecule has 20 heavy (non-hydrogen) atoms. The van der Waals surface area contributed by atoms with Gasteiger partial charge in [0, 0.05) is 12.2 Å². The van der Waals surface area contributed by atoms with E-state index < -0.39 is 13.6 Å². The van der Waals surface area contributed by atoms with Gasteiger partial charge in [0.15, 0.2) is 0 Å². The van der Waals surface area contributed by atoms with Crippen molar-refractivity contribution < 1.29 is 19.5 Å². The molecule has 110 valence electrons. The zero-order chi connectivity index (χ0) is 14.8. The van der Waals surface area contributed by atoms with Gasteiger partial charge >= 0.3 is 7.60 Å². The Morgan fingerprint density at radius 2 is 2.15 bits per heavy atom. The fraction of sp³-hybridized carbons (Fsp3) is 0.400. The fourth-order valence-corrected chi connectivity index (χ4v) is 2.46. The van der Waals surface area contributed by atoms with Crippen molar-refractivity contribution in [1.82, 2.24) is 15.0 Å². The summed E-state index contributed by atoms with van der Waals surface area (Å²) in [6.07, 6.45) is 2.54. The van der Waals surface area contributed by atoms with Crippen LogP contribution >= 0.6 is 7.60 Å². The molecule has 2 aromatic rings. The summed E-state index contributed by atoms with van der Waals surface area (Å²) in [4.78, 5) is 38.4. The van der Waals surface area contributed by atoms with Gasteiger partial charge in [-0.05, 0) is 6.42 Å². The molecule has 0 saturated heterocycles. The van der Waals surface area contributed by atoms with Crippen LogP contribution in [0.15, 0.2) is 17.3 Å². The molecule has 0 amide bonds. The predicted octanol–water partition coefficient (Wildman–Crippen LogP) is -0.408. The Bertz CT molecular complexity index is 690. The SMILES string of the molecule is O=c1[nH]cnc2c(N[C@H](CO)CCP(=O)(O)O)c[nH]c12. The standard InChI is InChI=1S/C10H15N4O5P/c15-4-6(1-2-20(17,18)19)14-7-3-11-9-8(7)12-5-13-10(9)16/h3,5-6,11,14-15H,1-2,4H2,(H,12,13,16)(H2,17,18,19)/t6-/m0/s1. The first-order valence-electron chi connectivity index (χ1n) is 5.87. The summed E-state index contributed by atoms with van der Waals surface area (Å²) in [5.74, 6) is 0. The van der Waals surface area contributed by atoms with Gasteiger partial charge in [-0.25, -0.2) is 4.98 Å². The third-order valence-corrected chi connectivity index (χ3v) is 3.66. The van der Waals surface area contributed by atoms with E-state index in [4.69, 9.17) is 9.79 Å². The smallest absolute Gasteiger partial charge is 0.325 e. The van der Waals surface area contributed by atoms with Crippen LogP contribution in [0.1, 0.15) is 6.42 Å². The zero-order valence-corrected chi connectivity index (χ0v) is 11.3. The minimum Gasteiger partial charge on any atom is -0.394 e. The van der Waals surface area contributed by atoms with Crippen molar-refractivity contribution in [3.8, 4) is 0 Å². The lowest BCUT2D eigenvalue weighted by atomic mass is 10.2. The maximum Gasteiger partial charge on any atom is 0.325 e. The lowest BCUT2D eigenvalue weighted by molar-refractivity contribution is 0.270. The number of hydrogen-bond donors (Lipinski definition) is 6. The second-order valence-electron chi connectivity index (χ2n) is 4.36. The van der Waals surface area contributed by atoms with Crippen molar-refractivity contribution in [3.05, 3.63) is 22.9 Å². The van der Waals surface area contributed by atoms with E-state index in [0.29, 0.717) is 16.7 Å². The summed E-state index contributed by atoms with van der Waals surface area (Å²) in [6.45, 7) is -0.296. The van der Waals surface area contributed by atoms with Crippen molar-refractivity contribution in [2.75, 3.05) is 18.1 Å². The van der Waals surface area contributed by atoms with Gasteiger partial charge < -0.3 is 30.2 Å². The summed E-state index contributed by atoms with van der Waals surface area (Å²) in [7, 11) is -4.11. The number of aliphatic hydroxyl groups excluding tert-OH is 1. The van der Waals surface area contributed by atoms with Crippen LogP contribution in [0, 0.1) is 0 Å². The van der Waals surface area contributed by atoms with Crippen LogP contribution in [-0.4, -0.2) is 48.7 Å². The maximum atomic E-state index is 11.5. The number of nitrogens with one attached hydrogen (secondary N) is 3. The Balaban J connectivity index is 2.16. The van der Waals surface area contributed by atoms with Gasteiger partial charge in [0.25, 0.3) is 5.56 Å². The molecule has 0 aromatic carbocycles. The number of fused-ring (bicyclic) bond motifs is 1. The Hall–Kier alpha value is -1.67. The molecule has 0 aliphatic rings. The Labute approximate surface area is 113 Å². The first-order chi connectivity index (χ1) is 9.40. The molecule has 0 aliphatic heterocycles. The highest BCUT2D eigenvalue weighted by atomic mass is 31.2. The molecule has 10 heteroatoms. The summed E-state index contributed by atoms with van der Waals surface area (Å²) in [5, 5.41) is 12.1. The topological polar surface area (TPSA) is 151 Å². The number of nitrogens with zero attached hydrogens (tertiary/aromatic N) is 1. The minimum absolute atomic E-state index is 0.0939. The van der Waals surface area contributed by atoms with Crippen molar-refractivity contribution >= 4 is 24.3 Å². The molecule has 6 N–H and O–H groups in total. The van der Waals surface area contributed by atoms with Crippen LogP contribution in [0.5, 0.6) is 0 Å². The largest absolute Gasteiger partial charge is 0.394 e. The van der Waals surface area contributed by atoms with Crippen molar-refractivity contribution in [1.29, 1.82) is 0 Å². The van der Waals surface area contributed by atoms with E-state index in [2.05, 4.69) is 20.3 Å².